The van der Waals surface area contributed by atoms with Gasteiger partial charge in [-0.05, 0) is 26.8 Å². The lowest BCUT2D eigenvalue weighted by Gasteiger charge is -2.30. The summed E-state index contributed by atoms with van der Waals surface area (Å²) in [5.41, 5.74) is 0. The van der Waals surface area contributed by atoms with Gasteiger partial charge in [0.15, 0.2) is 0 Å². The van der Waals surface area contributed by atoms with E-state index in [1.807, 2.05) is 0 Å². The Bertz CT molecular complexity index is 345. The van der Waals surface area contributed by atoms with Gasteiger partial charge >= 0.3 is 0 Å². The van der Waals surface area contributed by atoms with E-state index in [0.29, 0.717) is 0 Å². The molecule has 17 heavy (non-hydrogen) atoms. The van der Waals surface area contributed by atoms with Crippen LogP contribution in [0.5, 0.6) is 0 Å². The van der Waals surface area contributed by atoms with E-state index in [2.05, 4.69) is 16.9 Å². The Morgan fingerprint density at radius 3 is 2.76 bits per heavy atom. The fourth-order valence-corrected chi connectivity index (χ4v) is 3.38. The summed E-state index contributed by atoms with van der Waals surface area (Å²) < 4.78 is 0. The summed E-state index contributed by atoms with van der Waals surface area (Å²) in [5.74, 6) is 0. The molecule has 96 valence electrons. The van der Waals surface area contributed by atoms with Crippen molar-refractivity contribution in [2.75, 3.05) is 7.05 Å². The van der Waals surface area contributed by atoms with Gasteiger partial charge in [-0.25, -0.2) is 4.98 Å². The third-order valence-electron chi connectivity index (χ3n) is 3.57. The Morgan fingerprint density at radius 1 is 1.47 bits per heavy atom. The Morgan fingerprint density at radius 2 is 2.18 bits per heavy atom. The molecule has 0 spiro atoms. The second-order valence-corrected chi connectivity index (χ2v) is 6.19. The average Bonchev–Trinajstić information content (AvgIpc) is 2.79. The van der Waals surface area contributed by atoms with Gasteiger partial charge in [0.1, 0.15) is 5.01 Å². The fraction of sp³-hybridized carbons (Fsp3) is 0.769. The van der Waals surface area contributed by atoms with Crippen LogP contribution < -0.4 is 0 Å². The Balaban J connectivity index is 1.90. The maximum Gasteiger partial charge on any atom is 0.107 e. The largest absolute Gasteiger partial charge is 0.388 e. The molecule has 1 aromatic heterocycles. The Labute approximate surface area is 107 Å². The zero-order valence-corrected chi connectivity index (χ0v) is 11.5. The van der Waals surface area contributed by atoms with Crippen molar-refractivity contribution in [3.63, 3.8) is 0 Å². The molecule has 0 saturated heterocycles. The summed E-state index contributed by atoms with van der Waals surface area (Å²) in [7, 11) is 2.19. The van der Waals surface area contributed by atoms with Crippen LogP contribution in [0, 0.1) is 0 Å². The maximum absolute atomic E-state index is 9.48. The first-order valence-electron chi connectivity index (χ1n) is 6.49. The van der Waals surface area contributed by atoms with Crippen LogP contribution in [-0.4, -0.2) is 28.1 Å². The van der Waals surface area contributed by atoms with Gasteiger partial charge in [0.2, 0.25) is 0 Å². The smallest absolute Gasteiger partial charge is 0.107 e. The van der Waals surface area contributed by atoms with Crippen LogP contribution in [0.1, 0.15) is 55.0 Å². The van der Waals surface area contributed by atoms with E-state index < -0.39 is 0 Å². The number of hydrogen-bond donors (Lipinski definition) is 1. The first-order chi connectivity index (χ1) is 8.16. The second kappa shape index (κ2) is 5.94. The molecule has 1 fully saturated rings. The summed E-state index contributed by atoms with van der Waals surface area (Å²) in [4.78, 5) is 7.78. The third kappa shape index (κ3) is 3.50. The zero-order valence-electron chi connectivity index (χ0n) is 10.7. The number of rotatable bonds is 4. The number of aliphatic hydroxyl groups excluding tert-OH is 1. The molecular weight excluding hydrogens is 232 g/mol. The molecule has 0 aliphatic heterocycles. The van der Waals surface area contributed by atoms with E-state index >= 15 is 0 Å². The Kier molecular flexibility index (Phi) is 4.54. The molecule has 0 aromatic carbocycles. The van der Waals surface area contributed by atoms with E-state index in [0.717, 1.165) is 22.5 Å². The molecule has 1 saturated carbocycles. The van der Waals surface area contributed by atoms with Crippen LogP contribution in [0.25, 0.3) is 0 Å². The molecule has 4 heteroatoms. The number of aliphatic hydroxyl groups is 1. The lowest BCUT2D eigenvalue weighted by Crippen LogP contribution is -2.32. The number of hydrogen-bond acceptors (Lipinski definition) is 4. The molecule has 0 bridgehead atoms. The zero-order chi connectivity index (χ0) is 12.3. The van der Waals surface area contributed by atoms with Crippen molar-refractivity contribution in [3.05, 3.63) is 16.1 Å². The maximum atomic E-state index is 9.48. The topological polar surface area (TPSA) is 36.4 Å². The summed E-state index contributed by atoms with van der Waals surface area (Å²) in [5, 5.41) is 10.6. The van der Waals surface area contributed by atoms with Gasteiger partial charge in [-0.2, -0.15) is 0 Å². The van der Waals surface area contributed by atoms with E-state index in [4.69, 9.17) is 0 Å². The first kappa shape index (κ1) is 13.0. The van der Waals surface area contributed by atoms with E-state index in [1.165, 1.54) is 32.1 Å². The highest BCUT2D eigenvalue weighted by Crippen LogP contribution is 2.25. The SMILES string of the molecule is CC(O)c1cnc(CN(C)C2CCCCC2)s1. The summed E-state index contributed by atoms with van der Waals surface area (Å²) in [6.45, 7) is 2.71. The van der Waals surface area contributed by atoms with Gasteiger partial charge in [0, 0.05) is 12.2 Å². The summed E-state index contributed by atoms with van der Waals surface area (Å²) in [6.07, 6.45) is 8.20. The van der Waals surface area contributed by atoms with Gasteiger partial charge in [-0.15, -0.1) is 11.3 Å². The van der Waals surface area contributed by atoms with Gasteiger partial charge in [-0.1, -0.05) is 19.3 Å². The molecule has 1 aromatic rings. The van der Waals surface area contributed by atoms with Crippen molar-refractivity contribution in [3.8, 4) is 0 Å². The fourth-order valence-electron chi connectivity index (χ4n) is 2.45. The van der Waals surface area contributed by atoms with Crippen molar-refractivity contribution in [1.82, 2.24) is 9.88 Å². The van der Waals surface area contributed by atoms with Crippen molar-refractivity contribution in [2.24, 2.45) is 0 Å². The van der Waals surface area contributed by atoms with Crippen LogP contribution in [0.2, 0.25) is 0 Å². The molecule has 1 heterocycles. The quantitative estimate of drug-likeness (QED) is 0.897. The average molecular weight is 254 g/mol. The molecule has 1 aliphatic rings. The summed E-state index contributed by atoms with van der Waals surface area (Å²) >= 11 is 1.63. The number of thiazole rings is 1. The van der Waals surface area contributed by atoms with E-state index in [1.54, 1.807) is 24.5 Å². The molecule has 3 nitrogen and oxygen atoms in total. The first-order valence-corrected chi connectivity index (χ1v) is 7.31. The summed E-state index contributed by atoms with van der Waals surface area (Å²) in [6, 6.07) is 0.725. The minimum Gasteiger partial charge on any atom is -0.388 e. The second-order valence-electron chi connectivity index (χ2n) is 5.04. The minimum absolute atomic E-state index is 0.388. The van der Waals surface area contributed by atoms with E-state index in [-0.39, 0.29) is 6.10 Å². The van der Waals surface area contributed by atoms with Crippen LogP contribution in [0.4, 0.5) is 0 Å². The van der Waals surface area contributed by atoms with Crippen molar-refractivity contribution in [2.45, 2.75) is 57.7 Å². The predicted octanol–water partition coefficient (Wildman–Crippen LogP) is 2.96. The van der Waals surface area contributed by atoms with Gasteiger partial charge < -0.3 is 5.11 Å². The van der Waals surface area contributed by atoms with Crippen LogP contribution >= 0.6 is 11.3 Å². The Hall–Kier alpha value is -0.450. The van der Waals surface area contributed by atoms with Gasteiger partial charge in [-0.3, -0.25) is 4.90 Å². The van der Waals surface area contributed by atoms with Crippen molar-refractivity contribution in [1.29, 1.82) is 0 Å². The lowest BCUT2D eigenvalue weighted by molar-refractivity contribution is 0.184. The highest BCUT2D eigenvalue weighted by molar-refractivity contribution is 7.11. The highest BCUT2D eigenvalue weighted by Gasteiger charge is 2.19. The van der Waals surface area contributed by atoms with Gasteiger partial charge in [0.25, 0.3) is 0 Å². The molecule has 1 unspecified atom stereocenters. The molecule has 1 aliphatic carbocycles. The monoisotopic (exact) mass is 254 g/mol. The van der Waals surface area contributed by atoms with Crippen LogP contribution in [0.15, 0.2) is 6.20 Å². The predicted molar refractivity (Wildman–Crippen MR) is 71.1 cm³/mol. The molecule has 0 radical (unpaired) electrons. The molecule has 2 rings (SSSR count). The highest BCUT2D eigenvalue weighted by atomic mass is 32.1. The van der Waals surface area contributed by atoms with Crippen molar-refractivity contribution < 1.29 is 5.11 Å². The van der Waals surface area contributed by atoms with Crippen molar-refractivity contribution >= 4 is 11.3 Å². The molecular formula is C13H22N2OS. The normalized spacial score (nSPS) is 19.8. The molecule has 1 atom stereocenters. The van der Waals surface area contributed by atoms with Crippen LogP contribution in [-0.2, 0) is 6.54 Å². The lowest BCUT2D eigenvalue weighted by atomic mass is 9.94. The standard InChI is InChI=1S/C13H22N2OS/c1-10(16)12-8-14-13(17-12)9-15(2)11-6-4-3-5-7-11/h8,10-11,16H,3-7,9H2,1-2H3. The number of aromatic nitrogens is 1. The third-order valence-corrected chi connectivity index (χ3v) is 4.72. The van der Waals surface area contributed by atoms with E-state index in [9.17, 15) is 5.11 Å². The molecule has 0 amide bonds. The van der Waals surface area contributed by atoms with Gasteiger partial charge in [0.05, 0.1) is 17.5 Å². The minimum atomic E-state index is -0.388. The molecule has 1 N–H and O–H groups in total. The number of nitrogens with zero attached hydrogens (tertiary/aromatic N) is 2. The van der Waals surface area contributed by atoms with Crippen LogP contribution in [0.3, 0.4) is 0 Å².